The highest BCUT2D eigenvalue weighted by molar-refractivity contribution is 14.1. The van der Waals surface area contributed by atoms with Crippen LogP contribution in [0.25, 0.3) is 0 Å². The molecule has 2 atom stereocenters. The molecule has 0 N–H and O–H groups in total. The van der Waals surface area contributed by atoms with Gasteiger partial charge in [0.2, 0.25) is 0 Å². The molecule has 2 rings (SSSR count). The maximum atomic E-state index is 6.58. The van der Waals surface area contributed by atoms with E-state index in [4.69, 9.17) is 4.74 Å². The van der Waals surface area contributed by atoms with Crippen molar-refractivity contribution in [1.82, 2.24) is 0 Å². The van der Waals surface area contributed by atoms with Crippen LogP contribution >= 0.6 is 45.2 Å². The molecule has 3 heteroatoms. The van der Waals surface area contributed by atoms with E-state index in [0.29, 0.717) is 0 Å². The zero-order valence-electron chi connectivity index (χ0n) is 13.8. The van der Waals surface area contributed by atoms with E-state index in [9.17, 15) is 0 Å². The van der Waals surface area contributed by atoms with Gasteiger partial charge in [0.25, 0.3) is 0 Å². The normalized spacial score (nSPS) is 13.7. The Balaban J connectivity index is 2.19. The molecule has 2 aromatic rings. The third-order valence-electron chi connectivity index (χ3n) is 3.91. The van der Waals surface area contributed by atoms with Crippen LogP contribution in [0.2, 0.25) is 0 Å². The van der Waals surface area contributed by atoms with Crippen LogP contribution in [-0.2, 0) is 4.74 Å². The van der Waals surface area contributed by atoms with Gasteiger partial charge >= 0.3 is 0 Å². The fourth-order valence-electron chi connectivity index (χ4n) is 2.70. The molecule has 0 heterocycles. The highest BCUT2D eigenvalue weighted by Gasteiger charge is 2.19. The van der Waals surface area contributed by atoms with Gasteiger partial charge in [-0.1, -0.05) is 51.0 Å². The summed E-state index contributed by atoms with van der Waals surface area (Å²) in [6.07, 6.45) is 4.72. The van der Waals surface area contributed by atoms with Gasteiger partial charge in [-0.15, -0.1) is 0 Å². The van der Waals surface area contributed by atoms with Gasteiger partial charge in [0, 0.05) is 7.14 Å². The molecule has 1 nitrogen and oxygen atoms in total. The fraction of sp³-hybridized carbons (Fsp3) is 0.400. The minimum atomic E-state index is 0.174. The van der Waals surface area contributed by atoms with Gasteiger partial charge in [-0.25, -0.2) is 0 Å². The van der Waals surface area contributed by atoms with E-state index in [2.05, 4.69) is 108 Å². The number of ether oxygens (including phenoxy) is 1. The van der Waals surface area contributed by atoms with Crippen molar-refractivity contribution in [3.05, 3.63) is 66.8 Å². The first kappa shape index (κ1) is 19.2. The summed E-state index contributed by atoms with van der Waals surface area (Å²) in [6, 6.07) is 17.5. The minimum Gasteiger partial charge on any atom is -0.366 e. The van der Waals surface area contributed by atoms with Crippen molar-refractivity contribution in [2.75, 3.05) is 0 Å². The third-order valence-corrected chi connectivity index (χ3v) is 5.35. The highest BCUT2D eigenvalue weighted by atomic mass is 127. The molecule has 0 aliphatic carbocycles. The van der Waals surface area contributed by atoms with E-state index in [1.807, 2.05) is 0 Å². The van der Waals surface area contributed by atoms with E-state index >= 15 is 0 Å². The van der Waals surface area contributed by atoms with Gasteiger partial charge in [0.1, 0.15) is 0 Å². The topological polar surface area (TPSA) is 9.23 Å². The van der Waals surface area contributed by atoms with Crippen molar-refractivity contribution in [3.8, 4) is 0 Å². The zero-order valence-corrected chi connectivity index (χ0v) is 18.1. The molecule has 0 saturated heterocycles. The summed E-state index contributed by atoms with van der Waals surface area (Å²) >= 11 is 4.70. The number of hydrogen-bond acceptors (Lipinski definition) is 1. The van der Waals surface area contributed by atoms with E-state index < -0.39 is 0 Å². The summed E-state index contributed by atoms with van der Waals surface area (Å²) in [6.45, 7) is 4.45. The predicted octanol–water partition coefficient (Wildman–Crippen LogP) is 7.30. The molecule has 0 aromatic heterocycles. The number of hydrogen-bond donors (Lipinski definition) is 0. The molecule has 23 heavy (non-hydrogen) atoms. The lowest BCUT2D eigenvalue weighted by molar-refractivity contribution is -0.0247. The molecule has 0 spiro atoms. The van der Waals surface area contributed by atoms with Gasteiger partial charge in [-0.05, 0) is 93.4 Å². The second-order valence-corrected chi connectivity index (χ2v) is 8.29. The molecule has 0 fully saturated rings. The summed E-state index contributed by atoms with van der Waals surface area (Å²) in [5.74, 6) is 0. The van der Waals surface area contributed by atoms with Gasteiger partial charge in [-0.3, -0.25) is 0 Å². The standard InChI is InChI=1S/C20H24I2O/c1-3-5-19(15-7-11-17(21)12-8-15)23-20(6-4-2)16-9-13-18(22)14-10-16/h7-14,19-20H,3-6H2,1-2H3. The lowest BCUT2D eigenvalue weighted by atomic mass is 10.0. The Kier molecular flexibility index (Phi) is 8.33. The smallest absolute Gasteiger partial charge is 0.0833 e. The zero-order chi connectivity index (χ0) is 16.7. The lowest BCUT2D eigenvalue weighted by Crippen LogP contribution is -2.11. The molecule has 2 aromatic carbocycles. The van der Waals surface area contributed by atoms with E-state index in [-0.39, 0.29) is 12.2 Å². The minimum absolute atomic E-state index is 0.174. The van der Waals surface area contributed by atoms with Crippen LogP contribution in [0.4, 0.5) is 0 Å². The van der Waals surface area contributed by atoms with Crippen molar-refractivity contribution in [2.24, 2.45) is 0 Å². The summed E-state index contributed by atoms with van der Waals surface area (Å²) in [4.78, 5) is 0. The van der Waals surface area contributed by atoms with E-state index in [1.54, 1.807) is 0 Å². The van der Waals surface area contributed by atoms with Crippen LogP contribution in [0.15, 0.2) is 48.5 Å². The van der Waals surface area contributed by atoms with Crippen molar-refractivity contribution >= 4 is 45.2 Å². The van der Waals surface area contributed by atoms with E-state index in [1.165, 1.54) is 18.3 Å². The Morgan fingerprint density at radius 1 is 0.696 bits per heavy atom. The van der Waals surface area contributed by atoms with Crippen LogP contribution in [0.5, 0.6) is 0 Å². The molecule has 0 aliphatic heterocycles. The molecular formula is C20H24I2O. The van der Waals surface area contributed by atoms with Gasteiger partial charge < -0.3 is 4.74 Å². The molecule has 0 aliphatic rings. The van der Waals surface area contributed by atoms with Crippen molar-refractivity contribution < 1.29 is 4.74 Å². The average Bonchev–Trinajstić information content (AvgIpc) is 2.55. The first-order chi connectivity index (χ1) is 11.1. The number of benzene rings is 2. The van der Waals surface area contributed by atoms with Crippen LogP contribution < -0.4 is 0 Å². The Morgan fingerprint density at radius 2 is 1.04 bits per heavy atom. The van der Waals surface area contributed by atoms with Crippen molar-refractivity contribution in [1.29, 1.82) is 0 Å². The molecule has 0 radical (unpaired) electrons. The maximum Gasteiger partial charge on any atom is 0.0833 e. The third kappa shape index (κ3) is 6.02. The second-order valence-electron chi connectivity index (χ2n) is 5.79. The number of halogens is 2. The SMILES string of the molecule is CCCC(OC(CCC)c1ccc(I)cc1)c1ccc(I)cc1. The first-order valence-corrected chi connectivity index (χ1v) is 10.5. The molecule has 124 valence electrons. The first-order valence-electron chi connectivity index (χ1n) is 8.30. The summed E-state index contributed by atoms with van der Waals surface area (Å²) in [5.41, 5.74) is 2.58. The largest absolute Gasteiger partial charge is 0.366 e. The second kappa shape index (κ2) is 9.99. The summed E-state index contributed by atoms with van der Waals surface area (Å²) in [5, 5.41) is 0. The monoisotopic (exact) mass is 534 g/mol. The number of rotatable bonds is 8. The van der Waals surface area contributed by atoms with Gasteiger partial charge in [0.05, 0.1) is 12.2 Å². The Morgan fingerprint density at radius 3 is 1.35 bits per heavy atom. The maximum absolute atomic E-state index is 6.58. The van der Waals surface area contributed by atoms with Crippen molar-refractivity contribution in [2.45, 2.75) is 51.7 Å². The molecular weight excluding hydrogens is 510 g/mol. The van der Waals surface area contributed by atoms with Crippen LogP contribution in [0.1, 0.15) is 62.9 Å². The van der Waals surface area contributed by atoms with Crippen LogP contribution in [-0.4, -0.2) is 0 Å². The van der Waals surface area contributed by atoms with Crippen LogP contribution in [0.3, 0.4) is 0 Å². The molecule has 0 saturated carbocycles. The van der Waals surface area contributed by atoms with Gasteiger partial charge in [0.15, 0.2) is 0 Å². The van der Waals surface area contributed by atoms with Crippen LogP contribution in [0, 0.1) is 7.14 Å². The Labute approximate surface area is 167 Å². The molecule has 2 unspecified atom stereocenters. The molecule has 0 bridgehead atoms. The Hall–Kier alpha value is -0.140. The fourth-order valence-corrected chi connectivity index (χ4v) is 3.42. The lowest BCUT2D eigenvalue weighted by Gasteiger charge is -2.25. The summed E-state index contributed by atoms with van der Waals surface area (Å²) in [7, 11) is 0. The predicted molar refractivity (Wildman–Crippen MR) is 115 cm³/mol. The average molecular weight is 534 g/mol. The quantitative estimate of drug-likeness (QED) is 0.323. The van der Waals surface area contributed by atoms with E-state index in [0.717, 1.165) is 25.7 Å². The molecule has 0 amide bonds. The highest BCUT2D eigenvalue weighted by Crippen LogP contribution is 2.33. The van der Waals surface area contributed by atoms with Crippen molar-refractivity contribution in [3.63, 3.8) is 0 Å². The summed E-state index contributed by atoms with van der Waals surface area (Å²) < 4.78 is 9.11. The Bertz CT molecular complexity index is 524. The van der Waals surface area contributed by atoms with Gasteiger partial charge in [-0.2, -0.15) is 0 Å².